The Morgan fingerprint density at radius 3 is 2.88 bits per heavy atom. The van der Waals surface area contributed by atoms with Gasteiger partial charge < -0.3 is 9.64 Å². The normalized spacial score (nSPS) is 25.0. The molecule has 7 nitrogen and oxygen atoms in total. The number of morpholine rings is 1. The van der Waals surface area contributed by atoms with Gasteiger partial charge in [0.2, 0.25) is 0 Å². The first-order chi connectivity index (χ1) is 12.2. The molecule has 0 N–H and O–H groups in total. The topological polar surface area (TPSA) is 63.0 Å². The fourth-order valence-corrected chi connectivity index (χ4v) is 4.02. The smallest absolute Gasteiger partial charge is 0.259 e. The average Bonchev–Trinajstić information content (AvgIpc) is 3.25. The van der Waals surface area contributed by atoms with Gasteiger partial charge in [0.05, 0.1) is 19.4 Å². The van der Waals surface area contributed by atoms with Crippen molar-refractivity contribution in [3.63, 3.8) is 0 Å². The molecule has 0 aromatic carbocycles. The molecular formula is C18H25N5O2. The third-order valence-electron chi connectivity index (χ3n) is 5.47. The van der Waals surface area contributed by atoms with E-state index in [1.54, 1.807) is 10.7 Å². The zero-order valence-corrected chi connectivity index (χ0v) is 14.9. The van der Waals surface area contributed by atoms with E-state index in [9.17, 15) is 4.79 Å². The minimum absolute atomic E-state index is 0.0438. The molecule has 0 unspecified atom stereocenters. The zero-order chi connectivity index (χ0) is 17.4. The summed E-state index contributed by atoms with van der Waals surface area (Å²) in [4.78, 5) is 22.1. The minimum atomic E-state index is 0.0438. The van der Waals surface area contributed by atoms with Gasteiger partial charge in [0.25, 0.3) is 5.91 Å². The molecular weight excluding hydrogens is 318 g/mol. The first-order valence-corrected chi connectivity index (χ1v) is 9.09. The fourth-order valence-electron chi connectivity index (χ4n) is 4.02. The summed E-state index contributed by atoms with van der Waals surface area (Å²) in [5.41, 5.74) is 2.13. The highest BCUT2D eigenvalue weighted by molar-refractivity contribution is 5.99. The molecule has 2 aromatic rings. The number of amides is 1. The lowest BCUT2D eigenvalue weighted by molar-refractivity contribution is 0.0103. The Bertz CT molecular complexity index is 768. The maximum absolute atomic E-state index is 13.1. The Balaban J connectivity index is 1.56. The van der Waals surface area contributed by atoms with Gasteiger partial charge in [0.1, 0.15) is 5.56 Å². The molecule has 2 atom stereocenters. The molecule has 0 spiro atoms. The van der Waals surface area contributed by atoms with E-state index >= 15 is 0 Å². The lowest BCUT2D eigenvalue weighted by Crippen LogP contribution is -2.47. The van der Waals surface area contributed by atoms with E-state index in [1.165, 1.54) is 0 Å². The molecule has 0 bridgehead atoms. The summed E-state index contributed by atoms with van der Waals surface area (Å²) in [5, 5.41) is 4.28. The number of rotatable bonds is 3. The summed E-state index contributed by atoms with van der Waals surface area (Å²) in [7, 11) is 0. The standard InChI is InChI=1S/C18H25N5O2/c1-3-14-11-22(12-16(14)21-6-8-25-9-7-21)18(24)15-10-19-23-5-4-13(2)20-17(15)23/h4-5,10,14,16H,3,6-9,11-12H2,1-2H3/t14-,16-/m1/s1. The zero-order valence-electron chi connectivity index (χ0n) is 14.9. The van der Waals surface area contributed by atoms with Crippen LogP contribution in [0.2, 0.25) is 0 Å². The summed E-state index contributed by atoms with van der Waals surface area (Å²) in [6.07, 6.45) is 4.58. The summed E-state index contributed by atoms with van der Waals surface area (Å²) in [5.74, 6) is 0.556. The van der Waals surface area contributed by atoms with Crippen LogP contribution in [0.1, 0.15) is 29.4 Å². The van der Waals surface area contributed by atoms with Gasteiger partial charge in [-0.3, -0.25) is 9.69 Å². The van der Waals surface area contributed by atoms with Crippen molar-refractivity contribution in [2.45, 2.75) is 26.3 Å². The Morgan fingerprint density at radius 2 is 2.12 bits per heavy atom. The Kier molecular flexibility index (Phi) is 4.43. The van der Waals surface area contributed by atoms with Gasteiger partial charge in [0.15, 0.2) is 5.65 Å². The second kappa shape index (κ2) is 6.72. The largest absolute Gasteiger partial charge is 0.379 e. The highest BCUT2D eigenvalue weighted by Crippen LogP contribution is 2.27. The number of aryl methyl sites for hydroxylation is 1. The highest BCUT2D eigenvalue weighted by atomic mass is 16.5. The third kappa shape index (κ3) is 3.02. The van der Waals surface area contributed by atoms with E-state index < -0.39 is 0 Å². The number of carbonyl (C=O) groups is 1. The number of hydrogen-bond donors (Lipinski definition) is 0. The molecule has 2 saturated heterocycles. The van der Waals surface area contributed by atoms with Crippen molar-refractivity contribution in [1.82, 2.24) is 24.4 Å². The molecule has 4 heterocycles. The number of nitrogens with zero attached hydrogens (tertiary/aromatic N) is 5. The number of likely N-dealkylation sites (tertiary alicyclic amines) is 1. The van der Waals surface area contributed by atoms with Crippen molar-refractivity contribution in [2.75, 3.05) is 39.4 Å². The van der Waals surface area contributed by atoms with Gasteiger partial charge in [-0.2, -0.15) is 5.10 Å². The third-order valence-corrected chi connectivity index (χ3v) is 5.47. The monoisotopic (exact) mass is 343 g/mol. The second-order valence-corrected chi connectivity index (χ2v) is 6.99. The lowest BCUT2D eigenvalue weighted by Gasteiger charge is -2.34. The van der Waals surface area contributed by atoms with Crippen molar-refractivity contribution in [1.29, 1.82) is 0 Å². The number of ether oxygens (including phenoxy) is 1. The average molecular weight is 343 g/mol. The van der Waals surface area contributed by atoms with Crippen LogP contribution >= 0.6 is 0 Å². The predicted molar refractivity (Wildman–Crippen MR) is 93.6 cm³/mol. The molecule has 0 saturated carbocycles. The van der Waals surface area contributed by atoms with Gasteiger partial charge in [-0.05, 0) is 18.9 Å². The van der Waals surface area contributed by atoms with E-state index in [2.05, 4.69) is 21.9 Å². The summed E-state index contributed by atoms with van der Waals surface area (Å²) in [6.45, 7) is 9.23. The van der Waals surface area contributed by atoms with Crippen molar-refractivity contribution in [3.05, 3.63) is 29.7 Å². The number of carbonyl (C=O) groups excluding carboxylic acids is 1. The van der Waals surface area contributed by atoms with Crippen LogP contribution in [-0.2, 0) is 4.74 Å². The highest BCUT2D eigenvalue weighted by Gasteiger charge is 2.38. The van der Waals surface area contributed by atoms with Gasteiger partial charge in [-0.1, -0.05) is 13.3 Å². The van der Waals surface area contributed by atoms with Crippen LogP contribution in [0.5, 0.6) is 0 Å². The van der Waals surface area contributed by atoms with E-state index in [0.29, 0.717) is 23.2 Å². The van der Waals surface area contributed by atoms with E-state index in [4.69, 9.17) is 4.74 Å². The molecule has 2 fully saturated rings. The number of aromatic nitrogens is 3. The Labute approximate surface area is 147 Å². The summed E-state index contributed by atoms with van der Waals surface area (Å²) < 4.78 is 7.15. The van der Waals surface area contributed by atoms with Crippen molar-refractivity contribution in [2.24, 2.45) is 5.92 Å². The van der Waals surface area contributed by atoms with Crippen LogP contribution in [0, 0.1) is 12.8 Å². The van der Waals surface area contributed by atoms with Gasteiger partial charge in [-0.15, -0.1) is 0 Å². The molecule has 4 rings (SSSR count). The maximum Gasteiger partial charge on any atom is 0.259 e. The van der Waals surface area contributed by atoms with Crippen molar-refractivity contribution >= 4 is 11.6 Å². The molecule has 2 aromatic heterocycles. The number of hydrogen-bond acceptors (Lipinski definition) is 5. The minimum Gasteiger partial charge on any atom is -0.379 e. The van der Waals surface area contributed by atoms with Crippen LogP contribution in [0.15, 0.2) is 18.5 Å². The van der Waals surface area contributed by atoms with Crippen LogP contribution < -0.4 is 0 Å². The molecule has 1 amide bonds. The second-order valence-electron chi connectivity index (χ2n) is 6.99. The quantitative estimate of drug-likeness (QED) is 0.839. The van der Waals surface area contributed by atoms with Crippen LogP contribution in [-0.4, -0.2) is 75.7 Å². The van der Waals surface area contributed by atoms with E-state index in [-0.39, 0.29) is 5.91 Å². The van der Waals surface area contributed by atoms with Gasteiger partial charge in [0, 0.05) is 44.1 Å². The Hall–Kier alpha value is -1.99. The van der Waals surface area contributed by atoms with Crippen LogP contribution in [0.25, 0.3) is 5.65 Å². The molecule has 0 aliphatic carbocycles. The van der Waals surface area contributed by atoms with Crippen molar-refractivity contribution in [3.8, 4) is 0 Å². The fraction of sp³-hybridized carbons (Fsp3) is 0.611. The molecule has 2 aliphatic rings. The first kappa shape index (κ1) is 16.5. The SMILES string of the molecule is CC[C@@H]1CN(C(=O)c2cnn3ccc(C)nc23)C[C@H]1N1CCOCC1. The number of fused-ring (bicyclic) bond motifs is 1. The van der Waals surface area contributed by atoms with E-state index in [1.807, 2.05) is 24.1 Å². The van der Waals surface area contributed by atoms with Crippen molar-refractivity contribution < 1.29 is 9.53 Å². The van der Waals surface area contributed by atoms with E-state index in [0.717, 1.165) is 51.5 Å². The molecule has 134 valence electrons. The Morgan fingerprint density at radius 1 is 1.32 bits per heavy atom. The van der Waals surface area contributed by atoms with Crippen LogP contribution in [0.3, 0.4) is 0 Å². The lowest BCUT2D eigenvalue weighted by atomic mass is 9.99. The first-order valence-electron chi connectivity index (χ1n) is 9.09. The van der Waals surface area contributed by atoms with Gasteiger partial charge >= 0.3 is 0 Å². The maximum atomic E-state index is 13.1. The molecule has 7 heteroatoms. The molecule has 0 radical (unpaired) electrons. The van der Waals surface area contributed by atoms with Crippen LogP contribution in [0.4, 0.5) is 0 Å². The van der Waals surface area contributed by atoms with Gasteiger partial charge in [-0.25, -0.2) is 9.50 Å². The predicted octanol–water partition coefficient (Wildman–Crippen LogP) is 1.22. The molecule has 25 heavy (non-hydrogen) atoms. The summed E-state index contributed by atoms with van der Waals surface area (Å²) in [6, 6.07) is 2.32. The molecule has 2 aliphatic heterocycles. The summed E-state index contributed by atoms with van der Waals surface area (Å²) >= 11 is 0.